The summed E-state index contributed by atoms with van der Waals surface area (Å²) in [5.41, 5.74) is 6.97. The van der Waals surface area contributed by atoms with E-state index < -0.39 is 6.04 Å². The van der Waals surface area contributed by atoms with E-state index in [9.17, 15) is 4.79 Å². The standard InChI is InChI=1S/C15H23NO3S/c1-3-18-13-7-5-12(6-8-13)11-20-10-9-14(16)15(17)19-4-2/h5-8,14H,3-4,9-11,16H2,1-2H3. The minimum Gasteiger partial charge on any atom is -0.494 e. The zero-order valence-corrected chi connectivity index (χ0v) is 12.9. The van der Waals surface area contributed by atoms with Crippen LogP contribution in [0.3, 0.4) is 0 Å². The quantitative estimate of drug-likeness (QED) is 0.561. The van der Waals surface area contributed by atoms with Crippen LogP contribution in [0.2, 0.25) is 0 Å². The van der Waals surface area contributed by atoms with Crippen LogP contribution in [-0.2, 0) is 15.3 Å². The molecule has 20 heavy (non-hydrogen) atoms. The molecule has 0 aliphatic heterocycles. The van der Waals surface area contributed by atoms with Gasteiger partial charge in [-0.05, 0) is 43.7 Å². The number of carbonyl (C=O) groups is 1. The Morgan fingerprint density at radius 2 is 1.95 bits per heavy atom. The van der Waals surface area contributed by atoms with Gasteiger partial charge in [0.25, 0.3) is 0 Å². The maximum Gasteiger partial charge on any atom is 0.322 e. The van der Waals surface area contributed by atoms with Crippen molar-refractivity contribution >= 4 is 17.7 Å². The monoisotopic (exact) mass is 297 g/mol. The summed E-state index contributed by atoms with van der Waals surface area (Å²) >= 11 is 1.76. The highest BCUT2D eigenvalue weighted by Crippen LogP contribution is 2.17. The molecule has 0 bridgehead atoms. The summed E-state index contributed by atoms with van der Waals surface area (Å²) < 4.78 is 10.3. The van der Waals surface area contributed by atoms with Crippen molar-refractivity contribution in [3.63, 3.8) is 0 Å². The normalized spacial score (nSPS) is 11.9. The summed E-state index contributed by atoms with van der Waals surface area (Å²) in [5, 5.41) is 0. The number of ether oxygens (including phenoxy) is 2. The second-order valence-corrected chi connectivity index (χ2v) is 5.38. The summed E-state index contributed by atoms with van der Waals surface area (Å²) in [6.07, 6.45) is 0.639. The van der Waals surface area contributed by atoms with E-state index in [1.54, 1.807) is 18.7 Å². The summed E-state index contributed by atoms with van der Waals surface area (Å²) in [5.74, 6) is 2.33. The molecule has 4 nitrogen and oxygen atoms in total. The molecule has 0 spiro atoms. The van der Waals surface area contributed by atoms with Crippen molar-refractivity contribution in [1.29, 1.82) is 0 Å². The van der Waals surface area contributed by atoms with Crippen molar-refractivity contribution in [3.8, 4) is 5.75 Å². The Hall–Kier alpha value is -1.20. The van der Waals surface area contributed by atoms with Crippen LogP contribution in [0.4, 0.5) is 0 Å². The van der Waals surface area contributed by atoms with Gasteiger partial charge in [0, 0.05) is 5.75 Å². The van der Waals surface area contributed by atoms with Gasteiger partial charge in [-0.2, -0.15) is 11.8 Å². The molecule has 112 valence electrons. The molecule has 0 saturated carbocycles. The molecule has 1 aromatic rings. The number of hydrogen-bond acceptors (Lipinski definition) is 5. The number of benzene rings is 1. The number of thioether (sulfide) groups is 1. The third-order valence-electron chi connectivity index (χ3n) is 2.67. The second kappa shape index (κ2) is 9.66. The fourth-order valence-corrected chi connectivity index (χ4v) is 2.61. The first kappa shape index (κ1) is 16.9. The number of hydrogen-bond donors (Lipinski definition) is 1. The summed E-state index contributed by atoms with van der Waals surface area (Å²) in [6.45, 7) is 4.81. The van der Waals surface area contributed by atoms with E-state index in [2.05, 4.69) is 12.1 Å². The lowest BCUT2D eigenvalue weighted by atomic mass is 10.2. The van der Waals surface area contributed by atoms with E-state index >= 15 is 0 Å². The molecule has 0 fully saturated rings. The average molecular weight is 297 g/mol. The minimum absolute atomic E-state index is 0.311. The molecular weight excluding hydrogens is 274 g/mol. The van der Waals surface area contributed by atoms with Crippen LogP contribution < -0.4 is 10.5 Å². The molecule has 0 aliphatic carbocycles. The Labute approximate surface area is 125 Å². The smallest absolute Gasteiger partial charge is 0.322 e. The molecule has 0 heterocycles. The molecule has 0 saturated heterocycles. The lowest BCUT2D eigenvalue weighted by Crippen LogP contribution is -2.32. The summed E-state index contributed by atoms with van der Waals surface area (Å²) in [6, 6.07) is 7.56. The Morgan fingerprint density at radius 3 is 2.55 bits per heavy atom. The molecule has 0 aliphatic rings. The first-order valence-corrected chi connectivity index (χ1v) is 8.04. The van der Waals surface area contributed by atoms with Crippen LogP contribution in [0.25, 0.3) is 0 Å². The topological polar surface area (TPSA) is 61.5 Å². The molecule has 0 aromatic heterocycles. The van der Waals surface area contributed by atoms with Gasteiger partial charge in [0.05, 0.1) is 13.2 Å². The van der Waals surface area contributed by atoms with Gasteiger partial charge in [-0.15, -0.1) is 0 Å². The highest BCUT2D eigenvalue weighted by molar-refractivity contribution is 7.98. The first-order chi connectivity index (χ1) is 9.67. The van der Waals surface area contributed by atoms with Crippen LogP contribution in [0.15, 0.2) is 24.3 Å². The van der Waals surface area contributed by atoms with Crippen molar-refractivity contribution in [1.82, 2.24) is 0 Å². The van der Waals surface area contributed by atoms with Crippen molar-refractivity contribution in [2.24, 2.45) is 5.73 Å². The second-order valence-electron chi connectivity index (χ2n) is 4.28. The number of esters is 1. The lowest BCUT2D eigenvalue weighted by Gasteiger charge is -2.10. The van der Waals surface area contributed by atoms with Gasteiger partial charge in [-0.25, -0.2) is 0 Å². The van der Waals surface area contributed by atoms with E-state index in [1.165, 1.54) is 5.56 Å². The number of rotatable bonds is 9. The Balaban J connectivity index is 2.22. The fourth-order valence-electron chi connectivity index (χ4n) is 1.62. The van der Waals surface area contributed by atoms with Crippen LogP contribution in [0.1, 0.15) is 25.8 Å². The Bertz CT molecular complexity index is 395. The van der Waals surface area contributed by atoms with E-state index in [4.69, 9.17) is 15.2 Å². The molecule has 2 N–H and O–H groups in total. The molecule has 1 aromatic carbocycles. The Morgan fingerprint density at radius 1 is 1.25 bits per heavy atom. The van der Waals surface area contributed by atoms with Gasteiger partial charge in [-0.1, -0.05) is 12.1 Å². The molecular formula is C15H23NO3S. The molecule has 1 rings (SSSR count). The van der Waals surface area contributed by atoms with Crippen LogP contribution in [-0.4, -0.2) is 31.0 Å². The SMILES string of the molecule is CCOC(=O)C(N)CCSCc1ccc(OCC)cc1. The zero-order chi connectivity index (χ0) is 14.8. The van der Waals surface area contributed by atoms with Crippen LogP contribution >= 0.6 is 11.8 Å². The van der Waals surface area contributed by atoms with Gasteiger partial charge in [0.15, 0.2) is 0 Å². The molecule has 0 amide bonds. The number of nitrogens with two attached hydrogens (primary N) is 1. The Kier molecular flexibility index (Phi) is 8.14. The largest absolute Gasteiger partial charge is 0.494 e. The first-order valence-electron chi connectivity index (χ1n) is 6.89. The van der Waals surface area contributed by atoms with Crippen molar-refractivity contribution in [3.05, 3.63) is 29.8 Å². The summed E-state index contributed by atoms with van der Waals surface area (Å²) in [7, 11) is 0. The van der Waals surface area contributed by atoms with Crippen molar-refractivity contribution in [2.75, 3.05) is 19.0 Å². The van der Waals surface area contributed by atoms with Crippen molar-refractivity contribution in [2.45, 2.75) is 32.1 Å². The maximum absolute atomic E-state index is 11.3. The van der Waals surface area contributed by atoms with Gasteiger partial charge in [0.1, 0.15) is 11.8 Å². The molecule has 1 unspecified atom stereocenters. The molecule has 1 atom stereocenters. The average Bonchev–Trinajstić information content (AvgIpc) is 2.45. The van der Waals surface area contributed by atoms with Crippen LogP contribution in [0, 0.1) is 0 Å². The van der Waals surface area contributed by atoms with Gasteiger partial charge in [0.2, 0.25) is 0 Å². The van der Waals surface area contributed by atoms with Gasteiger partial charge < -0.3 is 15.2 Å². The van der Waals surface area contributed by atoms with Crippen molar-refractivity contribution < 1.29 is 14.3 Å². The summed E-state index contributed by atoms with van der Waals surface area (Å²) in [4.78, 5) is 11.3. The predicted octanol–water partition coefficient (Wildman–Crippen LogP) is 2.60. The fraction of sp³-hybridized carbons (Fsp3) is 0.533. The third kappa shape index (κ3) is 6.30. The van der Waals surface area contributed by atoms with E-state index in [-0.39, 0.29) is 5.97 Å². The highest BCUT2D eigenvalue weighted by Gasteiger charge is 2.13. The van der Waals surface area contributed by atoms with E-state index in [0.29, 0.717) is 19.6 Å². The zero-order valence-electron chi connectivity index (χ0n) is 12.1. The third-order valence-corrected chi connectivity index (χ3v) is 3.73. The number of carbonyl (C=O) groups excluding carboxylic acids is 1. The molecule has 0 radical (unpaired) electrons. The van der Waals surface area contributed by atoms with Gasteiger partial charge >= 0.3 is 5.97 Å². The maximum atomic E-state index is 11.3. The van der Waals surface area contributed by atoms with E-state index in [1.807, 2.05) is 19.1 Å². The minimum atomic E-state index is -0.511. The molecule has 5 heteroatoms. The lowest BCUT2D eigenvalue weighted by molar-refractivity contribution is -0.144. The predicted molar refractivity (Wildman–Crippen MR) is 83.0 cm³/mol. The van der Waals surface area contributed by atoms with Gasteiger partial charge in [-0.3, -0.25) is 4.79 Å². The highest BCUT2D eigenvalue weighted by atomic mass is 32.2. The van der Waals surface area contributed by atoms with E-state index in [0.717, 1.165) is 17.3 Å². The van der Waals surface area contributed by atoms with Crippen LogP contribution in [0.5, 0.6) is 5.75 Å².